The van der Waals surface area contributed by atoms with Gasteiger partial charge in [-0.15, -0.1) is 13.2 Å². The van der Waals surface area contributed by atoms with Gasteiger partial charge in [0.15, 0.2) is 0 Å². The molecule has 2 saturated heterocycles. The molecule has 2 nitrogen and oxygen atoms in total. The zero-order chi connectivity index (χ0) is 22.1. The van der Waals surface area contributed by atoms with E-state index < -0.39 is 70.7 Å². The lowest BCUT2D eigenvalue weighted by molar-refractivity contribution is -0.381. The number of alkyl halides is 12. The third kappa shape index (κ3) is 2.59. The van der Waals surface area contributed by atoms with Crippen LogP contribution in [-0.4, -0.2) is 57.9 Å². The molecule has 0 aromatic carbocycles. The SMILES string of the molecule is C=CC1CC(C(F)(F)F)(C(F)(F)F)N2C(C=C)CC(C(F)(F)F)(C(F)(F)F)N12. The number of halogens is 12. The summed E-state index contributed by atoms with van der Waals surface area (Å²) in [5.74, 6) is 0. The molecule has 0 amide bonds. The van der Waals surface area contributed by atoms with Gasteiger partial charge < -0.3 is 0 Å². The van der Waals surface area contributed by atoms with Crippen molar-refractivity contribution >= 4 is 0 Å². The Kier molecular flexibility index (Phi) is 4.92. The minimum absolute atomic E-state index is 0.212. The van der Waals surface area contributed by atoms with Crippen molar-refractivity contribution in [1.29, 1.82) is 0 Å². The summed E-state index contributed by atoms with van der Waals surface area (Å²) in [6.45, 7) is 5.70. The fourth-order valence-electron chi connectivity index (χ4n) is 3.89. The molecule has 2 heterocycles. The molecular weight excluding hydrogens is 424 g/mol. The summed E-state index contributed by atoms with van der Waals surface area (Å²) in [4.78, 5) is 0. The summed E-state index contributed by atoms with van der Waals surface area (Å²) in [5, 5.41) is -1.82. The molecule has 0 bridgehead atoms. The second kappa shape index (κ2) is 6.03. The van der Waals surface area contributed by atoms with Gasteiger partial charge in [0, 0.05) is 24.9 Å². The Hall–Kier alpha value is -1.44. The minimum atomic E-state index is -6.24. The van der Waals surface area contributed by atoms with Crippen LogP contribution >= 0.6 is 0 Å². The van der Waals surface area contributed by atoms with E-state index in [-0.39, 0.29) is 12.2 Å². The van der Waals surface area contributed by atoms with Gasteiger partial charge >= 0.3 is 24.7 Å². The van der Waals surface area contributed by atoms with Gasteiger partial charge in [0.05, 0.1) is 0 Å². The van der Waals surface area contributed by atoms with Gasteiger partial charge in [-0.3, -0.25) is 0 Å². The number of hydrazine groups is 1. The van der Waals surface area contributed by atoms with E-state index in [1.807, 2.05) is 0 Å². The highest BCUT2D eigenvalue weighted by atomic mass is 19.4. The molecule has 0 aromatic rings. The maximum atomic E-state index is 13.6. The highest BCUT2D eigenvalue weighted by Crippen LogP contribution is 2.65. The summed E-state index contributed by atoms with van der Waals surface area (Å²) in [6, 6.07) is -5.09. The fraction of sp³-hybridized carbons (Fsp3) is 0.714. The van der Waals surface area contributed by atoms with Gasteiger partial charge in [-0.1, -0.05) is 12.2 Å². The summed E-state index contributed by atoms with van der Waals surface area (Å²) in [7, 11) is 0. The molecule has 2 atom stereocenters. The van der Waals surface area contributed by atoms with Gasteiger partial charge in [0.2, 0.25) is 11.1 Å². The highest BCUT2D eigenvalue weighted by Gasteiger charge is 2.88. The van der Waals surface area contributed by atoms with Crippen molar-refractivity contribution in [2.75, 3.05) is 0 Å². The van der Waals surface area contributed by atoms with Crippen LogP contribution < -0.4 is 0 Å². The molecule has 2 unspecified atom stereocenters. The second-order valence-electron chi connectivity index (χ2n) is 6.42. The Morgan fingerprint density at radius 3 is 0.929 bits per heavy atom. The Balaban J connectivity index is 2.93. The third-order valence-corrected chi connectivity index (χ3v) is 5.07. The Labute approximate surface area is 150 Å². The van der Waals surface area contributed by atoms with E-state index in [1.165, 1.54) is 0 Å². The molecule has 0 aliphatic carbocycles. The predicted octanol–water partition coefficient (Wildman–Crippen LogP) is 5.15. The van der Waals surface area contributed by atoms with E-state index in [1.54, 1.807) is 0 Å². The van der Waals surface area contributed by atoms with Gasteiger partial charge in [-0.25, -0.2) is 10.0 Å². The van der Waals surface area contributed by atoms with Crippen LogP contribution in [0.2, 0.25) is 0 Å². The standard InChI is InChI=1S/C14H12F12N2/c1-3-7-5-9(11(15,16)17,12(18,19)20)28-8(4-2)6-10(27(7)28,13(21,22)23)14(24,25)26/h3-4,7-8H,1-2,5-6H2. The molecule has 0 saturated carbocycles. The molecule has 162 valence electrons. The molecule has 28 heavy (non-hydrogen) atoms. The number of rotatable bonds is 2. The average molecular weight is 436 g/mol. The zero-order valence-corrected chi connectivity index (χ0v) is 13.6. The summed E-state index contributed by atoms with van der Waals surface area (Å²) in [6.07, 6.45) is -28.8. The first-order chi connectivity index (χ1) is 12.3. The maximum absolute atomic E-state index is 13.6. The Bertz CT molecular complexity index is 557. The largest absolute Gasteiger partial charge is 0.417 e. The monoisotopic (exact) mass is 436 g/mol. The van der Waals surface area contributed by atoms with Crippen LogP contribution in [0.5, 0.6) is 0 Å². The van der Waals surface area contributed by atoms with Gasteiger partial charge in [-0.2, -0.15) is 52.7 Å². The summed E-state index contributed by atoms with van der Waals surface area (Å²) in [5.41, 5.74) is -9.95. The van der Waals surface area contributed by atoms with E-state index in [0.717, 1.165) is 0 Å². The first kappa shape index (κ1) is 22.8. The van der Waals surface area contributed by atoms with Crippen LogP contribution in [0.25, 0.3) is 0 Å². The van der Waals surface area contributed by atoms with Crippen LogP contribution in [0.1, 0.15) is 12.8 Å². The first-order valence-corrected chi connectivity index (χ1v) is 7.44. The second-order valence-corrected chi connectivity index (χ2v) is 6.42. The number of hydrogen-bond donors (Lipinski definition) is 0. The quantitative estimate of drug-likeness (QED) is 0.437. The Morgan fingerprint density at radius 1 is 0.571 bits per heavy atom. The highest BCUT2D eigenvalue weighted by molar-refractivity contribution is 5.25. The smallest absolute Gasteiger partial charge is 0.210 e. The molecule has 2 rings (SSSR count). The van der Waals surface area contributed by atoms with Crippen LogP contribution in [0.15, 0.2) is 25.3 Å². The van der Waals surface area contributed by atoms with Crippen LogP contribution in [0, 0.1) is 0 Å². The predicted molar refractivity (Wildman–Crippen MR) is 70.6 cm³/mol. The summed E-state index contributed by atoms with van der Waals surface area (Å²) < 4.78 is 163. The zero-order valence-electron chi connectivity index (χ0n) is 13.6. The van der Waals surface area contributed by atoms with Crippen molar-refractivity contribution in [3.8, 4) is 0 Å². The molecule has 0 spiro atoms. The lowest BCUT2D eigenvalue weighted by Gasteiger charge is -2.45. The number of nitrogens with zero attached hydrogens (tertiary/aromatic N) is 2. The molecule has 2 aliphatic heterocycles. The van der Waals surface area contributed by atoms with E-state index in [4.69, 9.17) is 0 Å². The van der Waals surface area contributed by atoms with Crippen molar-refractivity contribution in [3.05, 3.63) is 25.3 Å². The lowest BCUT2D eigenvalue weighted by atomic mass is 9.84. The molecule has 0 radical (unpaired) electrons. The molecule has 2 aliphatic rings. The van der Waals surface area contributed by atoms with Crippen LogP contribution in [0.4, 0.5) is 52.7 Å². The van der Waals surface area contributed by atoms with Crippen molar-refractivity contribution in [3.63, 3.8) is 0 Å². The number of hydrogen-bond acceptors (Lipinski definition) is 2. The molecular formula is C14H12F12N2. The molecule has 0 aromatic heterocycles. The average Bonchev–Trinajstić information content (AvgIpc) is 2.98. The van der Waals surface area contributed by atoms with Gasteiger partial charge in [-0.05, 0) is 0 Å². The van der Waals surface area contributed by atoms with E-state index in [0.29, 0.717) is 0 Å². The van der Waals surface area contributed by atoms with Crippen molar-refractivity contribution in [1.82, 2.24) is 10.0 Å². The minimum Gasteiger partial charge on any atom is -0.210 e. The maximum Gasteiger partial charge on any atom is 0.417 e. The normalized spacial score (nSPS) is 29.0. The van der Waals surface area contributed by atoms with Gasteiger partial charge in [0.1, 0.15) is 0 Å². The molecule has 2 fully saturated rings. The molecule has 14 heteroatoms. The van der Waals surface area contributed by atoms with Crippen molar-refractivity contribution in [2.24, 2.45) is 0 Å². The fourth-order valence-corrected chi connectivity index (χ4v) is 3.89. The number of fused-ring (bicyclic) bond motifs is 1. The van der Waals surface area contributed by atoms with E-state index >= 15 is 0 Å². The van der Waals surface area contributed by atoms with E-state index in [2.05, 4.69) is 13.2 Å². The van der Waals surface area contributed by atoms with Crippen molar-refractivity contribution in [2.45, 2.75) is 60.7 Å². The van der Waals surface area contributed by atoms with Crippen LogP contribution in [0.3, 0.4) is 0 Å². The van der Waals surface area contributed by atoms with Crippen molar-refractivity contribution < 1.29 is 52.7 Å². The summed E-state index contributed by atoms with van der Waals surface area (Å²) >= 11 is 0. The van der Waals surface area contributed by atoms with Gasteiger partial charge in [0.25, 0.3) is 0 Å². The van der Waals surface area contributed by atoms with Crippen LogP contribution in [-0.2, 0) is 0 Å². The topological polar surface area (TPSA) is 6.48 Å². The lowest BCUT2D eigenvalue weighted by Crippen LogP contribution is -2.70. The third-order valence-electron chi connectivity index (χ3n) is 5.07. The van der Waals surface area contributed by atoms with E-state index in [9.17, 15) is 52.7 Å². The molecule has 0 N–H and O–H groups in total. The first-order valence-electron chi connectivity index (χ1n) is 7.44. The Morgan fingerprint density at radius 2 is 0.786 bits per heavy atom.